The molecule has 0 bridgehead atoms. The summed E-state index contributed by atoms with van der Waals surface area (Å²) in [6.07, 6.45) is 4.74. The van der Waals surface area contributed by atoms with Gasteiger partial charge in [-0.3, -0.25) is 9.59 Å². The smallest absolute Gasteiger partial charge is 0.258 e. The van der Waals surface area contributed by atoms with E-state index in [9.17, 15) is 9.59 Å². The summed E-state index contributed by atoms with van der Waals surface area (Å²) < 4.78 is 10.8. The first kappa shape index (κ1) is 18.0. The van der Waals surface area contributed by atoms with Gasteiger partial charge in [-0.05, 0) is 56.2 Å². The Kier molecular flexibility index (Phi) is 5.94. The molecule has 2 heterocycles. The molecule has 0 saturated carbocycles. The van der Waals surface area contributed by atoms with Gasteiger partial charge in [0.25, 0.3) is 5.91 Å². The predicted molar refractivity (Wildman–Crippen MR) is 98.2 cm³/mol. The summed E-state index contributed by atoms with van der Waals surface area (Å²) in [6, 6.07) is 11.1. The number of nitrogens with zero attached hydrogens (tertiary/aromatic N) is 1. The number of aryl methyl sites for hydroxylation is 1. The molecule has 1 aliphatic rings. The molecular formula is C20H24N2O4. The maximum atomic E-state index is 12.0. The molecule has 0 radical (unpaired) electrons. The molecular weight excluding hydrogens is 332 g/mol. The van der Waals surface area contributed by atoms with Crippen LogP contribution in [0.25, 0.3) is 0 Å². The van der Waals surface area contributed by atoms with Crippen molar-refractivity contribution in [3.05, 3.63) is 48.4 Å². The average Bonchev–Trinajstić information content (AvgIpc) is 3.30. The van der Waals surface area contributed by atoms with E-state index in [4.69, 9.17) is 9.15 Å². The van der Waals surface area contributed by atoms with Crippen LogP contribution in [-0.4, -0.2) is 31.0 Å². The summed E-state index contributed by atoms with van der Waals surface area (Å²) in [6.45, 7) is 2.69. The number of amides is 2. The van der Waals surface area contributed by atoms with Crippen molar-refractivity contribution in [3.63, 3.8) is 0 Å². The van der Waals surface area contributed by atoms with Crippen molar-refractivity contribution in [1.29, 1.82) is 0 Å². The summed E-state index contributed by atoms with van der Waals surface area (Å²) >= 11 is 0. The van der Waals surface area contributed by atoms with E-state index in [0.717, 1.165) is 37.3 Å². The highest BCUT2D eigenvalue weighted by molar-refractivity contribution is 5.95. The molecule has 2 amide bonds. The molecule has 138 valence electrons. The third-order valence-corrected chi connectivity index (χ3v) is 4.40. The predicted octanol–water partition coefficient (Wildman–Crippen LogP) is 2.92. The van der Waals surface area contributed by atoms with Gasteiger partial charge in [-0.1, -0.05) is 0 Å². The number of nitrogens with one attached hydrogen (secondary N) is 1. The Morgan fingerprint density at radius 2 is 2.12 bits per heavy atom. The topological polar surface area (TPSA) is 71.8 Å². The van der Waals surface area contributed by atoms with Crippen LogP contribution in [-0.2, 0) is 16.0 Å². The van der Waals surface area contributed by atoms with Crippen molar-refractivity contribution in [2.45, 2.75) is 38.6 Å². The molecule has 2 aromatic rings. The fourth-order valence-corrected chi connectivity index (χ4v) is 2.99. The van der Waals surface area contributed by atoms with Gasteiger partial charge < -0.3 is 19.4 Å². The normalized spacial score (nSPS) is 15.1. The molecule has 0 aliphatic carbocycles. The minimum atomic E-state index is -0.157. The van der Waals surface area contributed by atoms with Crippen molar-refractivity contribution < 1.29 is 18.7 Å². The lowest BCUT2D eigenvalue weighted by Crippen LogP contribution is -2.36. The Labute approximate surface area is 153 Å². The zero-order valence-corrected chi connectivity index (χ0v) is 14.9. The average molecular weight is 356 g/mol. The van der Waals surface area contributed by atoms with E-state index in [1.54, 1.807) is 23.3 Å². The Hall–Kier alpha value is -2.76. The van der Waals surface area contributed by atoms with Crippen LogP contribution in [0.3, 0.4) is 0 Å². The van der Waals surface area contributed by atoms with Crippen LogP contribution in [0.2, 0.25) is 0 Å². The molecule has 3 rings (SSSR count). The molecule has 1 aromatic carbocycles. The van der Waals surface area contributed by atoms with Crippen molar-refractivity contribution in [3.8, 4) is 5.75 Å². The van der Waals surface area contributed by atoms with Gasteiger partial charge in [0.05, 0.1) is 6.26 Å². The van der Waals surface area contributed by atoms with Crippen molar-refractivity contribution in [2.75, 3.05) is 18.1 Å². The number of hydrogen-bond acceptors (Lipinski definition) is 4. The van der Waals surface area contributed by atoms with Gasteiger partial charge in [0, 0.05) is 31.1 Å². The SMILES string of the molecule is C[C@H](CCc1ccco1)NC(=O)COc1ccc(N2CCCC2=O)cc1. The summed E-state index contributed by atoms with van der Waals surface area (Å²) in [5.74, 6) is 1.52. The van der Waals surface area contributed by atoms with E-state index in [2.05, 4.69) is 5.32 Å². The van der Waals surface area contributed by atoms with Gasteiger partial charge in [0.2, 0.25) is 5.91 Å². The van der Waals surface area contributed by atoms with Gasteiger partial charge in [-0.15, -0.1) is 0 Å². The Morgan fingerprint density at radius 1 is 1.31 bits per heavy atom. The molecule has 0 spiro atoms. The number of furan rings is 1. The van der Waals surface area contributed by atoms with Crippen molar-refractivity contribution in [1.82, 2.24) is 5.32 Å². The number of hydrogen-bond donors (Lipinski definition) is 1. The first-order valence-electron chi connectivity index (χ1n) is 8.97. The number of carbonyl (C=O) groups excluding carboxylic acids is 2. The summed E-state index contributed by atoms with van der Waals surface area (Å²) in [4.78, 5) is 25.5. The standard InChI is InChI=1S/C20H24N2O4/c1-15(6-9-17-4-3-13-25-17)21-19(23)14-26-18-10-7-16(8-11-18)22-12-2-5-20(22)24/h3-4,7-8,10-11,13,15H,2,5-6,9,12,14H2,1H3,(H,21,23)/t15-/m1/s1. The molecule has 1 saturated heterocycles. The largest absolute Gasteiger partial charge is 0.484 e. The van der Waals surface area contributed by atoms with E-state index in [0.29, 0.717) is 12.2 Å². The van der Waals surface area contributed by atoms with Gasteiger partial charge >= 0.3 is 0 Å². The van der Waals surface area contributed by atoms with Gasteiger partial charge in [-0.2, -0.15) is 0 Å². The Bertz CT molecular complexity index is 725. The van der Waals surface area contributed by atoms with Gasteiger partial charge in [0.1, 0.15) is 11.5 Å². The Balaban J connectivity index is 1.40. The minimum Gasteiger partial charge on any atom is -0.484 e. The molecule has 1 aromatic heterocycles. The van der Waals surface area contributed by atoms with Crippen LogP contribution in [0.15, 0.2) is 47.1 Å². The molecule has 1 fully saturated rings. The quantitative estimate of drug-likeness (QED) is 0.789. The fourth-order valence-electron chi connectivity index (χ4n) is 2.99. The zero-order valence-electron chi connectivity index (χ0n) is 14.9. The summed E-state index contributed by atoms with van der Waals surface area (Å²) in [5, 5.41) is 2.92. The second-order valence-corrected chi connectivity index (χ2v) is 6.52. The van der Waals surface area contributed by atoms with Crippen LogP contribution < -0.4 is 15.0 Å². The number of benzene rings is 1. The van der Waals surface area contributed by atoms with E-state index in [1.807, 2.05) is 31.2 Å². The van der Waals surface area contributed by atoms with Crippen molar-refractivity contribution in [2.24, 2.45) is 0 Å². The molecule has 26 heavy (non-hydrogen) atoms. The Morgan fingerprint density at radius 3 is 2.77 bits per heavy atom. The fraction of sp³-hybridized carbons (Fsp3) is 0.400. The van der Waals surface area contributed by atoms with E-state index < -0.39 is 0 Å². The van der Waals surface area contributed by atoms with E-state index >= 15 is 0 Å². The summed E-state index contributed by atoms with van der Waals surface area (Å²) in [5.41, 5.74) is 0.871. The zero-order chi connectivity index (χ0) is 18.4. The summed E-state index contributed by atoms with van der Waals surface area (Å²) in [7, 11) is 0. The van der Waals surface area contributed by atoms with Crippen LogP contribution >= 0.6 is 0 Å². The number of ether oxygens (including phenoxy) is 1. The molecule has 1 N–H and O–H groups in total. The minimum absolute atomic E-state index is 0.0346. The number of rotatable bonds is 8. The maximum Gasteiger partial charge on any atom is 0.258 e. The lowest BCUT2D eigenvalue weighted by molar-refractivity contribution is -0.123. The van der Waals surface area contributed by atoms with Crippen LogP contribution in [0.1, 0.15) is 31.9 Å². The first-order chi connectivity index (χ1) is 12.6. The molecule has 6 nitrogen and oxygen atoms in total. The first-order valence-corrected chi connectivity index (χ1v) is 8.97. The lowest BCUT2D eigenvalue weighted by Gasteiger charge is -2.16. The molecule has 1 aliphatic heterocycles. The van der Waals surface area contributed by atoms with Crippen molar-refractivity contribution >= 4 is 17.5 Å². The number of carbonyl (C=O) groups is 2. The third-order valence-electron chi connectivity index (χ3n) is 4.40. The highest BCUT2D eigenvalue weighted by atomic mass is 16.5. The second kappa shape index (κ2) is 8.56. The highest BCUT2D eigenvalue weighted by Crippen LogP contribution is 2.23. The number of anilines is 1. The maximum absolute atomic E-state index is 12.0. The van der Waals surface area contributed by atoms with Gasteiger partial charge in [-0.25, -0.2) is 0 Å². The van der Waals surface area contributed by atoms with Gasteiger partial charge in [0.15, 0.2) is 6.61 Å². The van der Waals surface area contributed by atoms with Crippen LogP contribution in [0.4, 0.5) is 5.69 Å². The van der Waals surface area contributed by atoms with E-state index in [1.165, 1.54) is 0 Å². The van der Waals surface area contributed by atoms with E-state index in [-0.39, 0.29) is 24.5 Å². The van der Waals surface area contributed by atoms with Crippen LogP contribution in [0.5, 0.6) is 5.75 Å². The third kappa shape index (κ3) is 4.88. The molecule has 6 heteroatoms. The second-order valence-electron chi connectivity index (χ2n) is 6.52. The van der Waals surface area contributed by atoms with Crippen LogP contribution in [0, 0.1) is 0 Å². The monoisotopic (exact) mass is 356 g/mol. The highest BCUT2D eigenvalue weighted by Gasteiger charge is 2.21. The molecule has 0 unspecified atom stereocenters. The lowest BCUT2D eigenvalue weighted by atomic mass is 10.1. The molecule has 1 atom stereocenters.